The molecule has 1 heterocycles. The smallest absolute Gasteiger partial charge is 0.337 e. The molecule has 4 nitrogen and oxygen atoms in total. The second kappa shape index (κ2) is 6.39. The van der Waals surface area contributed by atoms with Gasteiger partial charge in [0, 0.05) is 5.56 Å². The minimum absolute atomic E-state index is 0.0649. The number of aromatic carboxylic acids is 1. The Morgan fingerprint density at radius 2 is 1.95 bits per heavy atom. The summed E-state index contributed by atoms with van der Waals surface area (Å²) in [6, 6.07) is 11.0. The second-order valence-electron chi connectivity index (χ2n) is 5.01. The molecule has 0 amide bonds. The maximum Gasteiger partial charge on any atom is 0.337 e. The van der Waals surface area contributed by atoms with Crippen LogP contribution in [0, 0.1) is 0 Å². The predicted octanol–water partition coefficient (Wildman–Crippen LogP) is 3.80. The lowest BCUT2D eigenvalue weighted by Crippen LogP contribution is -2.08. The fourth-order valence-corrected chi connectivity index (χ4v) is 2.15. The third-order valence-electron chi connectivity index (χ3n) is 3.07. The number of benzene rings is 1. The number of aromatic nitrogens is 1. The van der Waals surface area contributed by atoms with E-state index in [0.29, 0.717) is 12.1 Å². The largest absolute Gasteiger partial charge is 0.490 e. The molecule has 21 heavy (non-hydrogen) atoms. The number of hydrogen-bond donors (Lipinski definition) is 1. The van der Waals surface area contributed by atoms with Crippen LogP contribution in [-0.2, 0) is 6.42 Å². The molecule has 4 heteroatoms. The first-order valence-electron chi connectivity index (χ1n) is 7.02. The molecule has 1 aromatic carbocycles. The van der Waals surface area contributed by atoms with Crippen LogP contribution in [0.5, 0.6) is 5.75 Å². The molecule has 0 radical (unpaired) electrons. The van der Waals surface area contributed by atoms with Gasteiger partial charge in [0.05, 0.1) is 23.1 Å². The Morgan fingerprint density at radius 3 is 2.57 bits per heavy atom. The topological polar surface area (TPSA) is 59.4 Å². The number of ether oxygens (including phenoxy) is 1. The van der Waals surface area contributed by atoms with E-state index < -0.39 is 5.97 Å². The van der Waals surface area contributed by atoms with E-state index in [1.54, 1.807) is 12.1 Å². The van der Waals surface area contributed by atoms with Crippen LogP contribution in [0.25, 0.3) is 11.3 Å². The molecule has 0 saturated heterocycles. The first-order chi connectivity index (χ1) is 10.0. The van der Waals surface area contributed by atoms with Gasteiger partial charge in [-0.15, -0.1) is 0 Å². The lowest BCUT2D eigenvalue weighted by Gasteiger charge is -2.14. The number of para-hydroxylation sites is 1. The first kappa shape index (κ1) is 15.0. The number of carboxylic acid groups (broad SMARTS) is 1. The van der Waals surface area contributed by atoms with E-state index in [4.69, 9.17) is 9.84 Å². The molecule has 110 valence electrons. The van der Waals surface area contributed by atoms with Crippen LogP contribution in [0.4, 0.5) is 0 Å². The minimum Gasteiger partial charge on any atom is -0.490 e. The van der Waals surface area contributed by atoms with Gasteiger partial charge in [-0.3, -0.25) is 4.98 Å². The highest BCUT2D eigenvalue weighted by Gasteiger charge is 2.14. The molecule has 0 aliphatic carbocycles. The summed E-state index contributed by atoms with van der Waals surface area (Å²) in [6.45, 7) is 5.83. The van der Waals surface area contributed by atoms with Crippen LogP contribution in [0.3, 0.4) is 0 Å². The maximum absolute atomic E-state index is 11.2. The second-order valence-corrected chi connectivity index (χ2v) is 5.01. The number of aryl methyl sites for hydroxylation is 1. The first-order valence-corrected chi connectivity index (χ1v) is 7.02. The highest BCUT2D eigenvalue weighted by Crippen LogP contribution is 2.30. The number of carboxylic acids is 1. The van der Waals surface area contributed by atoms with E-state index >= 15 is 0 Å². The number of nitrogens with zero attached hydrogens (tertiary/aromatic N) is 1. The van der Waals surface area contributed by atoms with Crippen molar-refractivity contribution in [3.63, 3.8) is 0 Å². The monoisotopic (exact) mass is 285 g/mol. The zero-order valence-electron chi connectivity index (χ0n) is 12.5. The molecule has 0 spiro atoms. The molecule has 2 rings (SSSR count). The van der Waals surface area contributed by atoms with Gasteiger partial charge in [-0.2, -0.15) is 0 Å². The van der Waals surface area contributed by atoms with Crippen molar-refractivity contribution >= 4 is 5.97 Å². The third-order valence-corrected chi connectivity index (χ3v) is 3.07. The standard InChI is InChI=1S/C17H19NO3/c1-4-14-13(17(19)20)9-10-15(18-14)12-7-5-6-8-16(12)21-11(2)3/h5-11H,4H2,1-3H3,(H,19,20). The summed E-state index contributed by atoms with van der Waals surface area (Å²) < 4.78 is 5.79. The summed E-state index contributed by atoms with van der Waals surface area (Å²) >= 11 is 0. The maximum atomic E-state index is 11.2. The quantitative estimate of drug-likeness (QED) is 0.907. The van der Waals surface area contributed by atoms with Gasteiger partial charge in [0.25, 0.3) is 0 Å². The molecular formula is C17H19NO3. The molecule has 0 fully saturated rings. The SMILES string of the molecule is CCc1nc(-c2ccccc2OC(C)C)ccc1C(=O)O. The van der Waals surface area contributed by atoms with Crippen LogP contribution in [0.1, 0.15) is 36.8 Å². The summed E-state index contributed by atoms with van der Waals surface area (Å²) in [4.78, 5) is 15.7. The normalized spacial score (nSPS) is 10.7. The van der Waals surface area contributed by atoms with Crippen molar-refractivity contribution in [1.29, 1.82) is 0 Å². The summed E-state index contributed by atoms with van der Waals surface area (Å²) in [7, 11) is 0. The molecule has 0 bridgehead atoms. The molecule has 0 unspecified atom stereocenters. The molecule has 2 aromatic rings. The van der Waals surface area contributed by atoms with Gasteiger partial charge in [0.1, 0.15) is 5.75 Å². The van der Waals surface area contributed by atoms with Gasteiger partial charge in [-0.05, 0) is 44.5 Å². The van der Waals surface area contributed by atoms with Gasteiger partial charge >= 0.3 is 5.97 Å². The van der Waals surface area contributed by atoms with Gasteiger partial charge in [0.15, 0.2) is 0 Å². The summed E-state index contributed by atoms with van der Waals surface area (Å²) in [5.41, 5.74) is 2.44. The highest BCUT2D eigenvalue weighted by atomic mass is 16.5. The average molecular weight is 285 g/mol. The molecule has 1 N–H and O–H groups in total. The average Bonchev–Trinajstić information content (AvgIpc) is 2.46. The Bertz CT molecular complexity index is 650. The predicted molar refractivity (Wildman–Crippen MR) is 81.8 cm³/mol. The van der Waals surface area contributed by atoms with Crippen molar-refractivity contribution in [3.05, 3.63) is 47.7 Å². The van der Waals surface area contributed by atoms with E-state index in [1.165, 1.54) is 0 Å². The van der Waals surface area contributed by atoms with Crippen LogP contribution >= 0.6 is 0 Å². The van der Waals surface area contributed by atoms with Gasteiger partial charge < -0.3 is 9.84 Å². The van der Waals surface area contributed by atoms with Crippen LogP contribution in [0.15, 0.2) is 36.4 Å². The summed E-state index contributed by atoms with van der Waals surface area (Å²) in [5, 5.41) is 9.17. The van der Waals surface area contributed by atoms with Crippen molar-refractivity contribution < 1.29 is 14.6 Å². The number of hydrogen-bond acceptors (Lipinski definition) is 3. The summed E-state index contributed by atoms with van der Waals surface area (Å²) in [5.74, 6) is -0.192. The van der Waals surface area contributed by atoms with Crippen LogP contribution < -0.4 is 4.74 Å². The lowest BCUT2D eigenvalue weighted by molar-refractivity contribution is 0.0695. The van der Waals surface area contributed by atoms with Gasteiger partial charge in [-0.1, -0.05) is 19.1 Å². The molecule has 0 aliphatic rings. The summed E-state index contributed by atoms with van der Waals surface area (Å²) in [6.07, 6.45) is 0.637. The highest BCUT2D eigenvalue weighted by molar-refractivity contribution is 5.89. The fraction of sp³-hybridized carbons (Fsp3) is 0.294. The molecule has 0 aliphatic heterocycles. The lowest BCUT2D eigenvalue weighted by atomic mass is 10.1. The molecule has 0 saturated carbocycles. The Balaban J connectivity index is 2.50. The van der Waals surface area contributed by atoms with Crippen molar-refractivity contribution in [2.45, 2.75) is 33.3 Å². The fourth-order valence-electron chi connectivity index (χ4n) is 2.15. The van der Waals surface area contributed by atoms with Crippen molar-refractivity contribution in [1.82, 2.24) is 4.98 Å². The number of pyridine rings is 1. The van der Waals surface area contributed by atoms with Crippen LogP contribution in [0.2, 0.25) is 0 Å². The van der Waals surface area contributed by atoms with Gasteiger partial charge in [-0.25, -0.2) is 4.79 Å². The van der Waals surface area contributed by atoms with E-state index in [0.717, 1.165) is 17.0 Å². The number of carbonyl (C=O) groups is 1. The van der Waals surface area contributed by atoms with Crippen molar-refractivity contribution in [2.24, 2.45) is 0 Å². The Labute approximate surface area is 124 Å². The zero-order valence-corrected chi connectivity index (χ0v) is 12.5. The Kier molecular flexibility index (Phi) is 4.58. The van der Waals surface area contributed by atoms with Crippen molar-refractivity contribution in [2.75, 3.05) is 0 Å². The molecular weight excluding hydrogens is 266 g/mol. The van der Waals surface area contributed by atoms with E-state index in [1.807, 2.05) is 45.0 Å². The number of rotatable bonds is 5. The van der Waals surface area contributed by atoms with E-state index in [2.05, 4.69) is 4.98 Å². The molecule has 1 aromatic heterocycles. The van der Waals surface area contributed by atoms with Crippen LogP contribution in [-0.4, -0.2) is 22.2 Å². The third kappa shape index (κ3) is 3.40. The van der Waals surface area contributed by atoms with E-state index in [9.17, 15) is 4.79 Å². The zero-order chi connectivity index (χ0) is 15.4. The Morgan fingerprint density at radius 1 is 1.24 bits per heavy atom. The van der Waals surface area contributed by atoms with Crippen molar-refractivity contribution in [3.8, 4) is 17.0 Å². The Hall–Kier alpha value is -2.36. The molecule has 0 atom stereocenters. The minimum atomic E-state index is -0.947. The van der Waals surface area contributed by atoms with E-state index in [-0.39, 0.29) is 11.7 Å². The van der Waals surface area contributed by atoms with Gasteiger partial charge in [0.2, 0.25) is 0 Å².